The largest absolute Gasteiger partial charge is 0.330 e. The van der Waals surface area contributed by atoms with E-state index in [0.717, 1.165) is 32.6 Å². The fourth-order valence-corrected chi connectivity index (χ4v) is 1.56. The van der Waals surface area contributed by atoms with Crippen molar-refractivity contribution in [3.05, 3.63) is 0 Å². The molecule has 12 heavy (non-hydrogen) atoms. The minimum Gasteiger partial charge on any atom is -0.330 e. The summed E-state index contributed by atoms with van der Waals surface area (Å²) < 4.78 is 13.3. The summed E-state index contributed by atoms with van der Waals surface area (Å²) in [5, 5.41) is 0. The van der Waals surface area contributed by atoms with Crippen LogP contribution in [0.4, 0.5) is 4.39 Å². The molecule has 1 aliphatic heterocycles. The summed E-state index contributed by atoms with van der Waals surface area (Å²) in [7, 11) is 0. The molecule has 0 atom stereocenters. The van der Waals surface area contributed by atoms with Crippen LogP contribution >= 0.6 is 0 Å². The van der Waals surface area contributed by atoms with Crippen LogP contribution in [-0.4, -0.2) is 36.7 Å². The van der Waals surface area contributed by atoms with Crippen LogP contribution in [0.25, 0.3) is 0 Å². The molecule has 0 unspecified atom stereocenters. The van der Waals surface area contributed by atoms with Crippen molar-refractivity contribution < 1.29 is 4.39 Å². The number of nitrogens with zero attached hydrogens (tertiary/aromatic N) is 1. The van der Waals surface area contributed by atoms with Gasteiger partial charge < -0.3 is 10.6 Å². The van der Waals surface area contributed by atoms with Gasteiger partial charge >= 0.3 is 0 Å². The molecule has 0 radical (unpaired) electrons. The Morgan fingerprint density at radius 3 is 2.50 bits per heavy atom. The van der Waals surface area contributed by atoms with Gasteiger partial charge in [0, 0.05) is 13.1 Å². The average Bonchev–Trinajstić information content (AvgIpc) is 2.03. The molecular weight excluding hydrogens is 155 g/mol. The number of hydrogen-bond donors (Lipinski definition) is 1. The molecular formula is C9H19FN2. The van der Waals surface area contributed by atoms with Crippen molar-refractivity contribution in [2.45, 2.75) is 31.9 Å². The van der Waals surface area contributed by atoms with E-state index < -0.39 is 5.67 Å². The standard InChI is InChI=1S/C9H19FN2/c1-9(10)3-7-12(8-4-9)6-2-5-11/h2-8,11H2,1H3. The molecule has 2 N–H and O–H groups in total. The van der Waals surface area contributed by atoms with Gasteiger partial charge in [-0.05, 0) is 39.3 Å². The molecule has 2 nitrogen and oxygen atoms in total. The van der Waals surface area contributed by atoms with Crippen LogP contribution in [0.2, 0.25) is 0 Å². The third kappa shape index (κ3) is 3.07. The lowest BCUT2D eigenvalue weighted by atomic mass is 9.96. The highest BCUT2D eigenvalue weighted by molar-refractivity contribution is 4.81. The van der Waals surface area contributed by atoms with Gasteiger partial charge in [0.05, 0.1) is 0 Å². The van der Waals surface area contributed by atoms with Gasteiger partial charge in [-0.25, -0.2) is 4.39 Å². The van der Waals surface area contributed by atoms with Gasteiger partial charge in [-0.3, -0.25) is 0 Å². The molecule has 0 saturated carbocycles. The van der Waals surface area contributed by atoms with E-state index in [1.54, 1.807) is 6.92 Å². The van der Waals surface area contributed by atoms with E-state index in [1.165, 1.54) is 0 Å². The van der Waals surface area contributed by atoms with Gasteiger partial charge in [0.1, 0.15) is 5.67 Å². The minimum atomic E-state index is -0.917. The molecule has 0 aromatic rings. The Morgan fingerprint density at radius 1 is 1.42 bits per heavy atom. The third-order valence-corrected chi connectivity index (χ3v) is 2.58. The first-order valence-corrected chi connectivity index (χ1v) is 4.75. The molecule has 0 spiro atoms. The molecule has 1 saturated heterocycles. The van der Waals surface area contributed by atoms with Crippen molar-refractivity contribution in [3.8, 4) is 0 Å². The van der Waals surface area contributed by atoms with Crippen LogP contribution in [0, 0.1) is 0 Å². The van der Waals surface area contributed by atoms with Crippen molar-refractivity contribution in [2.75, 3.05) is 26.2 Å². The quantitative estimate of drug-likeness (QED) is 0.695. The molecule has 1 fully saturated rings. The number of likely N-dealkylation sites (tertiary alicyclic amines) is 1. The van der Waals surface area contributed by atoms with Gasteiger partial charge in [-0.15, -0.1) is 0 Å². The molecule has 72 valence electrons. The van der Waals surface area contributed by atoms with Crippen molar-refractivity contribution in [1.82, 2.24) is 4.90 Å². The van der Waals surface area contributed by atoms with Crippen molar-refractivity contribution in [3.63, 3.8) is 0 Å². The van der Waals surface area contributed by atoms with E-state index in [0.29, 0.717) is 12.8 Å². The number of piperidine rings is 1. The zero-order chi connectivity index (χ0) is 9.03. The Hall–Kier alpha value is -0.150. The van der Waals surface area contributed by atoms with Gasteiger partial charge in [-0.1, -0.05) is 0 Å². The minimum absolute atomic E-state index is 0.678. The molecule has 1 rings (SSSR count). The van der Waals surface area contributed by atoms with Gasteiger partial charge in [0.15, 0.2) is 0 Å². The van der Waals surface area contributed by atoms with E-state index in [1.807, 2.05) is 0 Å². The first-order chi connectivity index (χ1) is 5.64. The topological polar surface area (TPSA) is 29.3 Å². The summed E-state index contributed by atoms with van der Waals surface area (Å²) in [6.07, 6.45) is 2.39. The first kappa shape index (κ1) is 9.93. The second kappa shape index (κ2) is 4.19. The first-order valence-electron chi connectivity index (χ1n) is 4.75. The predicted octanol–water partition coefficient (Wildman–Crippen LogP) is 1.16. The number of alkyl halides is 1. The number of halogens is 1. The maximum absolute atomic E-state index is 13.3. The Bertz CT molecular complexity index is 126. The maximum atomic E-state index is 13.3. The van der Waals surface area contributed by atoms with E-state index in [4.69, 9.17) is 5.73 Å². The fraction of sp³-hybridized carbons (Fsp3) is 1.00. The Morgan fingerprint density at radius 2 is 2.00 bits per heavy atom. The van der Waals surface area contributed by atoms with E-state index in [2.05, 4.69) is 4.90 Å². The van der Waals surface area contributed by atoms with Crippen LogP contribution in [0.1, 0.15) is 26.2 Å². The van der Waals surface area contributed by atoms with Crippen molar-refractivity contribution >= 4 is 0 Å². The number of hydrogen-bond acceptors (Lipinski definition) is 2. The summed E-state index contributed by atoms with van der Waals surface area (Å²) in [5.41, 5.74) is 4.48. The van der Waals surface area contributed by atoms with Gasteiger partial charge in [-0.2, -0.15) is 0 Å². The normalized spacial score (nSPS) is 24.2. The summed E-state index contributed by atoms with van der Waals surface area (Å²) in [6.45, 7) is 5.27. The zero-order valence-corrected chi connectivity index (χ0v) is 7.85. The summed E-state index contributed by atoms with van der Waals surface area (Å²) >= 11 is 0. The number of nitrogens with two attached hydrogens (primary N) is 1. The van der Waals surface area contributed by atoms with Crippen LogP contribution in [0.15, 0.2) is 0 Å². The number of rotatable bonds is 3. The van der Waals surface area contributed by atoms with Crippen LogP contribution in [-0.2, 0) is 0 Å². The van der Waals surface area contributed by atoms with Crippen LogP contribution in [0.3, 0.4) is 0 Å². The summed E-state index contributed by atoms with van der Waals surface area (Å²) in [5.74, 6) is 0. The summed E-state index contributed by atoms with van der Waals surface area (Å²) in [6, 6.07) is 0. The monoisotopic (exact) mass is 174 g/mol. The highest BCUT2D eigenvalue weighted by Gasteiger charge is 2.28. The smallest absolute Gasteiger partial charge is 0.110 e. The van der Waals surface area contributed by atoms with Crippen molar-refractivity contribution in [1.29, 1.82) is 0 Å². The van der Waals surface area contributed by atoms with E-state index in [9.17, 15) is 4.39 Å². The average molecular weight is 174 g/mol. The van der Waals surface area contributed by atoms with E-state index in [-0.39, 0.29) is 0 Å². The molecule has 0 amide bonds. The second-order valence-electron chi connectivity index (χ2n) is 3.90. The zero-order valence-electron chi connectivity index (χ0n) is 7.85. The van der Waals surface area contributed by atoms with Crippen LogP contribution < -0.4 is 5.73 Å². The fourth-order valence-electron chi connectivity index (χ4n) is 1.56. The molecule has 0 bridgehead atoms. The molecule has 0 aliphatic carbocycles. The highest BCUT2D eigenvalue weighted by Crippen LogP contribution is 2.25. The maximum Gasteiger partial charge on any atom is 0.110 e. The highest BCUT2D eigenvalue weighted by atomic mass is 19.1. The molecule has 1 aliphatic rings. The molecule has 1 heterocycles. The van der Waals surface area contributed by atoms with E-state index >= 15 is 0 Å². The lowest BCUT2D eigenvalue weighted by Crippen LogP contribution is -2.40. The second-order valence-corrected chi connectivity index (χ2v) is 3.90. The molecule has 0 aromatic heterocycles. The molecule has 0 aromatic carbocycles. The Kier molecular flexibility index (Phi) is 3.47. The SMILES string of the molecule is CC1(F)CCN(CCCN)CC1. The van der Waals surface area contributed by atoms with Crippen LogP contribution in [0.5, 0.6) is 0 Å². The Balaban J connectivity index is 2.18. The van der Waals surface area contributed by atoms with Crippen molar-refractivity contribution in [2.24, 2.45) is 5.73 Å². The molecule has 3 heteroatoms. The predicted molar refractivity (Wildman–Crippen MR) is 48.9 cm³/mol. The lowest BCUT2D eigenvalue weighted by Gasteiger charge is -2.33. The third-order valence-electron chi connectivity index (χ3n) is 2.58. The summed E-state index contributed by atoms with van der Waals surface area (Å²) in [4.78, 5) is 2.30. The van der Waals surface area contributed by atoms with Gasteiger partial charge in [0.25, 0.3) is 0 Å². The van der Waals surface area contributed by atoms with Gasteiger partial charge in [0.2, 0.25) is 0 Å². The lowest BCUT2D eigenvalue weighted by molar-refractivity contribution is 0.0740. The Labute approximate surface area is 73.9 Å².